The SMILES string of the molecule is COc1ccc(C(=O)C2CCCC2(C)C)c(F)c1. The van der Waals surface area contributed by atoms with Crippen LogP contribution in [0.15, 0.2) is 18.2 Å². The van der Waals surface area contributed by atoms with Crippen molar-refractivity contribution in [2.45, 2.75) is 33.1 Å². The zero-order valence-corrected chi connectivity index (χ0v) is 11.1. The number of hydrogen-bond acceptors (Lipinski definition) is 2. The molecule has 0 N–H and O–H groups in total. The molecule has 0 bridgehead atoms. The molecule has 0 aromatic heterocycles. The molecule has 0 heterocycles. The molecule has 0 amide bonds. The molecule has 1 saturated carbocycles. The highest BCUT2D eigenvalue weighted by Gasteiger charge is 2.40. The van der Waals surface area contributed by atoms with E-state index < -0.39 is 5.82 Å². The van der Waals surface area contributed by atoms with Crippen LogP contribution in [0.1, 0.15) is 43.5 Å². The third-order valence-electron chi connectivity index (χ3n) is 4.02. The van der Waals surface area contributed by atoms with Gasteiger partial charge in [0, 0.05) is 12.0 Å². The summed E-state index contributed by atoms with van der Waals surface area (Å²) in [5, 5.41) is 0. The summed E-state index contributed by atoms with van der Waals surface area (Å²) in [4.78, 5) is 12.4. The Bertz CT molecular complexity index is 466. The molecule has 18 heavy (non-hydrogen) atoms. The van der Waals surface area contributed by atoms with Crippen molar-refractivity contribution < 1.29 is 13.9 Å². The number of hydrogen-bond donors (Lipinski definition) is 0. The lowest BCUT2D eigenvalue weighted by Crippen LogP contribution is -2.26. The zero-order valence-electron chi connectivity index (χ0n) is 11.1. The number of Topliss-reactive ketones (excluding diaryl/α,β-unsaturated/α-hetero) is 1. The number of benzene rings is 1. The summed E-state index contributed by atoms with van der Waals surface area (Å²) in [6.45, 7) is 4.17. The summed E-state index contributed by atoms with van der Waals surface area (Å²) in [6.07, 6.45) is 2.93. The molecule has 1 atom stereocenters. The summed E-state index contributed by atoms with van der Waals surface area (Å²) in [5.74, 6) is -0.185. The van der Waals surface area contributed by atoms with Crippen LogP contribution in [0.25, 0.3) is 0 Å². The molecule has 0 aliphatic heterocycles. The highest BCUT2D eigenvalue weighted by Crippen LogP contribution is 2.44. The van der Waals surface area contributed by atoms with E-state index in [1.54, 1.807) is 6.07 Å². The van der Waals surface area contributed by atoms with Gasteiger partial charge in [0.1, 0.15) is 11.6 Å². The Morgan fingerprint density at radius 2 is 2.17 bits per heavy atom. The number of ether oxygens (including phenoxy) is 1. The van der Waals surface area contributed by atoms with Crippen LogP contribution in [0, 0.1) is 17.2 Å². The van der Waals surface area contributed by atoms with E-state index in [2.05, 4.69) is 13.8 Å². The smallest absolute Gasteiger partial charge is 0.169 e. The summed E-state index contributed by atoms with van der Waals surface area (Å²) in [6, 6.07) is 4.44. The molecule has 1 aliphatic carbocycles. The van der Waals surface area contributed by atoms with Crippen LogP contribution in [-0.2, 0) is 0 Å². The van der Waals surface area contributed by atoms with Gasteiger partial charge in [-0.1, -0.05) is 20.3 Å². The average molecular weight is 250 g/mol. The number of rotatable bonds is 3. The molecular weight excluding hydrogens is 231 g/mol. The predicted octanol–water partition coefficient (Wildman–Crippen LogP) is 3.84. The molecule has 1 fully saturated rings. The average Bonchev–Trinajstić information content (AvgIpc) is 2.68. The lowest BCUT2D eigenvalue weighted by Gasteiger charge is -2.25. The lowest BCUT2D eigenvalue weighted by atomic mass is 9.77. The van der Waals surface area contributed by atoms with Gasteiger partial charge >= 0.3 is 0 Å². The zero-order chi connectivity index (χ0) is 13.3. The second-order valence-corrected chi connectivity index (χ2v) is 5.64. The van der Waals surface area contributed by atoms with E-state index in [4.69, 9.17) is 4.74 Å². The van der Waals surface area contributed by atoms with Crippen molar-refractivity contribution in [2.75, 3.05) is 7.11 Å². The summed E-state index contributed by atoms with van der Waals surface area (Å²) < 4.78 is 18.8. The van der Waals surface area contributed by atoms with Crippen molar-refractivity contribution in [2.24, 2.45) is 11.3 Å². The number of carbonyl (C=O) groups is 1. The monoisotopic (exact) mass is 250 g/mol. The van der Waals surface area contributed by atoms with Crippen molar-refractivity contribution >= 4 is 5.78 Å². The van der Waals surface area contributed by atoms with Crippen LogP contribution in [0.2, 0.25) is 0 Å². The maximum Gasteiger partial charge on any atom is 0.169 e. The first-order valence-electron chi connectivity index (χ1n) is 6.33. The minimum Gasteiger partial charge on any atom is -0.497 e. The van der Waals surface area contributed by atoms with E-state index in [1.165, 1.54) is 19.2 Å². The van der Waals surface area contributed by atoms with Crippen molar-refractivity contribution in [3.8, 4) is 5.75 Å². The molecule has 3 heteroatoms. The van der Waals surface area contributed by atoms with Crippen LogP contribution in [0.5, 0.6) is 5.75 Å². The number of methoxy groups -OCH3 is 1. The third kappa shape index (κ3) is 2.26. The van der Waals surface area contributed by atoms with Crippen molar-refractivity contribution in [1.82, 2.24) is 0 Å². The lowest BCUT2D eigenvalue weighted by molar-refractivity contribution is 0.0835. The molecular formula is C15H19FO2. The molecule has 2 nitrogen and oxygen atoms in total. The Balaban J connectivity index is 2.29. The molecule has 2 rings (SSSR count). The first-order valence-corrected chi connectivity index (χ1v) is 6.33. The molecule has 0 radical (unpaired) electrons. The first kappa shape index (κ1) is 13.1. The van der Waals surface area contributed by atoms with E-state index in [0.717, 1.165) is 19.3 Å². The normalized spacial score (nSPS) is 21.9. The predicted molar refractivity (Wildman–Crippen MR) is 68.4 cm³/mol. The van der Waals surface area contributed by atoms with Gasteiger partial charge in [-0.3, -0.25) is 4.79 Å². The van der Waals surface area contributed by atoms with E-state index in [9.17, 15) is 9.18 Å². The Labute approximate surface area is 107 Å². The molecule has 1 aliphatic rings. The molecule has 98 valence electrons. The molecule has 1 aromatic rings. The largest absolute Gasteiger partial charge is 0.497 e. The molecule has 0 saturated heterocycles. The summed E-state index contributed by atoms with van der Waals surface area (Å²) in [5.41, 5.74) is 0.166. The highest BCUT2D eigenvalue weighted by molar-refractivity contribution is 5.98. The summed E-state index contributed by atoms with van der Waals surface area (Å²) in [7, 11) is 1.48. The minimum absolute atomic E-state index is 0.0244. The third-order valence-corrected chi connectivity index (χ3v) is 4.02. The standard InChI is InChI=1S/C15H19FO2/c1-15(2)8-4-5-12(15)14(17)11-7-6-10(18-3)9-13(11)16/h6-7,9,12H,4-5,8H2,1-3H3. The van der Waals surface area contributed by atoms with Crippen LogP contribution in [0.4, 0.5) is 4.39 Å². The van der Waals surface area contributed by atoms with Crippen LogP contribution in [-0.4, -0.2) is 12.9 Å². The van der Waals surface area contributed by atoms with Crippen molar-refractivity contribution in [3.63, 3.8) is 0 Å². The fourth-order valence-corrected chi connectivity index (χ4v) is 2.82. The van der Waals surface area contributed by atoms with Gasteiger partial charge in [-0.05, 0) is 30.4 Å². The Morgan fingerprint density at radius 1 is 1.44 bits per heavy atom. The van der Waals surface area contributed by atoms with Gasteiger partial charge in [0.05, 0.1) is 12.7 Å². The summed E-state index contributed by atoms with van der Waals surface area (Å²) >= 11 is 0. The van der Waals surface area contributed by atoms with Crippen LogP contribution < -0.4 is 4.74 Å². The second-order valence-electron chi connectivity index (χ2n) is 5.64. The fraction of sp³-hybridized carbons (Fsp3) is 0.533. The van der Waals surface area contributed by atoms with Crippen LogP contribution >= 0.6 is 0 Å². The van der Waals surface area contributed by atoms with Gasteiger partial charge < -0.3 is 4.74 Å². The quantitative estimate of drug-likeness (QED) is 0.762. The van der Waals surface area contributed by atoms with Gasteiger partial charge in [-0.15, -0.1) is 0 Å². The number of ketones is 1. The Morgan fingerprint density at radius 3 is 2.67 bits per heavy atom. The molecule has 0 spiro atoms. The highest BCUT2D eigenvalue weighted by atomic mass is 19.1. The number of carbonyl (C=O) groups excluding carboxylic acids is 1. The van der Waals surface area contributed by atoms with E-state index >= 15 is 0 Å². The second kappa shape index (κ2) is 4.71. The van der Waals surface area contributed by atoms with E-state index in [-0.39, 0.29) is 22.7 Å². The van der Waals surface area contributed by atoms with Gasteiger partial charge in [0.15, 0.2) is 5.78 Å². The van der Waals surface area contributed by atoms with Crippen LogP contribution in [0.3, 0.4) is 0 Å². The van der Waals surface area contributed by atoms with Gasteiger partial charge in [0.2, 0.25) is 0 Å². The minimum atomic E-state index is -0.484. The number of halogens is 1. The van der Waals surface area contributed by atoms with Crippen molar-refractivity contribution in [3.05, 3.63) is 29.6 Å². The van der Waals surface area contributed by atoms with E-state index in [0.29, 0.717) is 5.75 Å². The topological polar surface area (TPSA) is 26.3 Å². The fourth-order valence-electron chi connectivity index (χ4n) is 2.82. The maximum absolute atomic E-state index is 13.9. The van der Waals surface area contributed by atoms with Gasteiger partial charge in [0.25, 0.3) is 0 Å². The maximum atomic E-state index is 13.9. The van der Waals surface area contributed by atoms with E-state index in [1.807, 2.05) is 0 Å². The molecule has 1 unspecified atom stereocenters. The van der Waals surface area contributed by atoms with Gasteiger partial charge in [-0.25, -0.2) is 4.39 Å². The van der Waals surface area contributed by atoms with Crippen molar-refractivity contribution in [1.29, 1.82) is 0 Å². The van der Waals surface area contributed by atoms with Gasteiger partial charge in [-0.2, -0.15) is 0 Å². The Hall–Kier alpha value is -1.38. The first-order chi connectivity index (χ1) is 8.45. The molecule has 1 aromatic carbocycles. The Kier molecular flexibility index (Phi) is 3.42.